The Morgan fingerprint density at radius 3 is 2.49 bits per heavy atom. The van der Waals surface area contributed by atoms with Crippen LogP contribution >= 0.6 is 0 Å². The molecule has 2 aromatic rings. The van der Waals surface area contributed by atoms with Crippen LogP contribution in [0.4, 0.5) is 0 Å². The molecule has 1 saturated carbocycles. The molecule has 8 nitrogen and oxygen atoms in total. The van der Waals surface area contributed by atoms with Crippen molar-refractivity contribution in [2.45, 2.75) is 109 Å². The third-order valence-corrected chi connectivity index (χ3v) is 9.34. The van der Waals surface area contributed by atoms with Crippen LogP contribution in [-0.2, 0) is 12.0 Å². The predicted octanol–water partition coefficient (Wildman–Crippen LogP) is 5.55. The minimum atomic E-state index is -0.0352. The summed E-state index contributed by atoms with van der Waals surface area (Å²) in [4.78, 5) is 35.5. The van der Waals surface area contributed by atoms with E-state index in [1.165, 1.54) is 62.6 Å². The summed E-state index contributed by atoms with van der Waals surface area (Å²) < 4.78 is 5.52. The molecule has 4 heterocycles. The van der Waals surface area contributed by atoms with Crippen LogP contribution in [0.15, 0.2) is 10.5 Å². The third kappa shape index (κ3) is 6.59. The Bertz CT molecular complexity index is 1120. The molecule has 1 aliphatic carbocycles. The first kappa shape index (κ1) is 27.9. The van der Waals surface area contributed by atoms with Gasteiger partial charge >= 0.3 is 0 Å². The van der Waals surface area contributed by atoms with Gasteiger partial charge < -0.3 is 24.9 Å². The minimum Gasteiger partial charge on any atom is -0.436 e. The molecule has 0 unspecified atom stereocenters. The number of aromatic nitrogens is 2. The third-order valence-electron chi connectivity index (χ3n) is 9.34. The largest absolute Gasteiger partial charge is 0.436 e. The highest BCUT2D eigenvalue weighted by Gasteiger charge is 2.38. The van der Waals surface area contributed by atoms with Gasteiger partial charge in [-0.3, -0.25) is 9.59 Å². The second-order valence-electron chi connectivity index (χ2n) is 12.2. The van der Waals surface area contributed by atoms with E-state index < -0.39 is 0 Å². The monoisotopic (exact) mass is 537 g/mol. The van der Waals surface area contributed by atoms with Crippen molar-refractivity contribution >= 4 is 11.8 Å². The van der Waals surface area contributed by atoms with Crippen molar-refractivity contribution in [1.29, 1.82) is 0 Å². The van der Waals surface area contributed by atoms with E-state index in [0.717, 1.165) is 64.0 Å². The Hall–Kier alpha value is -2.61. The van der Waals surface area contributed by atoms with Crippen molar-refractivity contribution in [3.63, 3.8) is 0 Å². The number of oxazole rings is 1. The van der Waals surface area contributed by atoms with Crippen molar-refractivity contribution in [3.05, 3.63) is 40.4 Å². The maximum absolute atomic E-state index is 13.0. The Labute approximate surface area is 233 Å². The molecular weight excluding hydrogens is 490 g/mol. The maximum atomic E-state index is 13.0. The average Bonchev–Trinajstić information content (AvgIpc) is 3.55. The molecule has 8 heteroatoms. The number of likely N-dealkylation sites (tertiary alicyclic amines) is 1. The van der Waals surface area contributed by atoms with Gasteiger partial charge in [-0.25, -0.2) is 4.98 Å². The Kier molecular flexibility index (Phi) is 9.10. The summed E-state index contributed by atoms with van der Waals surface area (Å²) in [7, 11) is 0. The van der Waals surface area contributed by atoms with Crippen LogP contribution in [-0.4, -0.2) is 52.9 Å². The molecule has 0 aromatic carbocycles. The van der Waals surface area contributed by atoms with Crippen molar-refractivity contribution in [2.24, 2.45) is 5.92 Å². The summed E-state index contributed by atoms with van der Waals surface area (Å²) in [5.41, 5.74) is 4.16. The van der Waals surface area contributed by atoms with Gasteiger partial charge in [0.25, 0.3) is 11.8 Å². The lowest BCUT2D eigenvalue weighted by molar-refractivity contribution is 0.0651. The molecule has 2 aromatic heterocycles. The molecule has 214 valence electrons. The van der Waals surface area contributed by atoms with Crippen LogP contribution in [0.2, 0.25) is 0 Å². The molecule has 0 radical (unpaired) electrons. The van der Waals surface area contributed by atoms with Crippen LogP contribution in [0.3, 0.4) is 0 Å². The molecule has 2 amide bonds. The van der Waals surface area contributed by atoms with E-state index in [1.54, 1.807) is 6.92 Å². The van der Waals surface area contributed by atoms with Crippen LogP contribution in [0, 0.1) is 19.8 Å². The number of fused-ring (bicyclic) bond motifs is 2. The van der Waals surface area contributed by atoms with Gasteiger partial charge in [-0.05, 0) is 56.6 Å². The molecule has 2 aliphatic heterocycles. The van der Waals surface area contributed by atoms with Crippen LogP contribution < -0.4 is 10.6 Å². The number of nitrogens with zero attached hydrogens (tertiary/aromatic N) is 2. The second-order valence-corrected chi connectivity index (χ2v) is 12.2. The molecule has 0 atom stereocenters. The zero-order chi connectivity index (χ0) is 27.2. The highest BCUT2D eigenvalue weighted by atomic mass is 16.4. The van der Waals surface area contributed by atoms with E-state index in [2.05, 4.69) is 26.7 Å². The molecule has 1 spiro atoms. The number of aryl methyl sites for hydroxylation is 2. The SMILES string of the molecule is Cc1nc(C)c(C(=O)N2CCC(CCCCNC(=O)c3cc4c([nH]3)C3(CCCCCCCC3)CNC4)CC2)o1. The Morgan fingerprint density at radius 1 is 1.08 bits per heavy atom. The van der Waals surface area contributed by atoms with Gasteiger partial charge in [-0.2, -0.15) is 0 Å². The number of nitrogens with one attached hydrogen (secondary N) is 3. The quantitative estimate of drug-likeness (QED) is 0.402. The lowest BCUT2D eigenvalue weighted by Gasteiger charge is -2.38. The average molecular weight is 538 g/mol. The van der Waals surface area contributed by atoms with Crippen molar-refractivity contribution in [1.82, 2.24) is 25.5 Å². The van der Waals surface area contributed by atoms with Gasteiger partial charge in [-0.1, -0.05) is 51.4 Å². The number of hydrogen-bond donors (Lipinski definition) is 3. The second kappa shape index (κ2) is 12.7. The number of amides is 2. The molecule has 5 rings (SSSR count). The smallest absolute Gasteiger partial charge is 0.291 e. The van der Waals surface area contributed by atoms with E-state index in [9.17, 15) is 9.59 Å². The highest BCUT2D eigenvalue weighted by Crippen LogP contribution is 2.40. The number of aromatic amines is 1. The molecule has 0 bridgehead atoms. The molecule has 39 heavy (non-hydrogen) atoms. The normalized spacial score (nSPS) is 20.2. The van der Waals surface area contributed by atoms with Crippen molar-refractivity contribution in [3.8, 4) is 0 Å². The van der Waals surface area contributed by atoms with Crippen LogP contribution in [0.25, 0.3) is 0 Å². The number of carbonyl (C=O) groups is 2. The minimum absolute atomic E-state index is 0.0207. The lowest BCUT2D eigenvalue weighted by Crippen LogP contribution is -2.43. The maximum Gasteiger partial charge on any atom is 0.291 e. The predicted molar refractivity (Wildman–Crippen MR) is 152 cm³/mol. The molecule has 1 saturated heterocycles. The molecule has 2 fully saturated rings. The number of H-pyrrole nitrogens is 1. The van der Waals surface area contributed by atoms with Crippen molar-refractivity contribution in [2.75, 3.05) is 26.2 Å². The van der Waals surface area contributed by atoms with Gasteiger partial charge in [-0.15, -0.1) is 0 Å². The van der Waals surface area contributed by atoms with E-state index in [4.69, 9.17) is 4.42 Å². The summed E-state index contributed by atoms with van der Waals surface area (Å²) in [6.07, 6.45) is 15.6. The first-order chi connectivity index (χ1) is 18.9. The molecule has 3 aliphatic rings. The molecular formula is C31H47N5O3. The summed E-state index contributed by atoms with van der Waals surface area (Å²) >= 11 is 0. The zero-order valence-electron chi connectivity index (χ0n) is 24.0. The van der Waals surface area contributed by atoms with E-state index in [-0.39, 0.29) is 17.2 Å². The first-order valence-electron chi connectivity index (χ1n) is 15.4. The fourth-order valence-corrected chi connectivity index (χ4v) is 7.10. The van der Waals surface area contributed by atoms with Crippen LogP contribution in [0.5, 0.6) is 0 Å². The van der Waals surface area contributed by atoms with Crippen molar-refractivity contribution < 1.29 is 14.0 Å². The zero-order valence-corrected chi connectivity index (χ0v) is 24.0. The summed E-state index contributed by atoms with van der Waals surface area (Å²) in [5, 5.41) is 6.81. The number of piperidine rings is 1. The number of unbranched alkanes of at least 4 members (excludes halogenated alkanes) is 1. The summed E-state index contributed by atoms with van der Waals surface area (Å²) in [6.45, 7) is 7.72. The van der Waals surface area contributed by atoms with E-state index in [0.29, 0.717) is 29.8 Å². The fraction of sp³-hybridized carbons (Fsp3) is 0.710. The van der Waals surface area contributed by atoms with E-state index >= 15 is 0 Å². The number of carbonyl (C=O) groups excluding carboxylic acids is 2. The Balaban J connectivity index is 1.04. The standard InChI is InChI=1S/C31H47N5O3/c1-22-27(39-23(2)34-22)30(38)36-17-12-24(13-18-36)11-7-10-16-33-29(37)26-19-25-20-32-21-31(28(25)35-26)14-8-5-3-4-6-9-15-31/h19,24,32,35H,3-18,20-21H2,1-2H3,(H,33,37). The van der Waals surface area contributed by atoms with Gasteiger partial charge in [0.15, 0.2) is 5.89 Å². The van der Waals surface area contributed by atoms with Gasteiger partial charge in [0.1, 0.15) is 5.69 Å². The number of hydrogen-bond acceptors (Lipinski definition) is 5. The van der Waals surface area contributed by atoms with E-state index in [1.807, 2.05) is 11.8 Å². The topological polar surface area (TPSA) is 103 Å². The Morgan fingerprint density at radius 2 is 1.79 bits per heavy atom. The fourth-order valence-electron chi connectivity index (χ4n) is 7.10. The lowest BCUT2D eigenvalue weighted by atomic mass is 9.73. The van der Waals surface area contributed by atoms with Crippen LogP contribution in [0.1, 0.15) is 127 Å². The van der Waals surface area contributed by atoms with Gasteiger partial charge in [0.2, 0.25) is 5.76 Å². The highest BCUT2D eigenvalue weighted by molar-refractivity contribution is 5.93. The summed E-state index contributed by atoms with van der Waals surface area (Å²) in [6, 6.07) is 2.09. The first-order valence-corrected chi connectivity index (χ1v) is 15.4. The summed E-state index contributed by atoms with van der Waals surface area (Å²) in [5.74, 6) is 1.55. The van der Waals surface area contributed by atoms with Gasteiger partial charge in [0.05, 0.1) is 5.69 Å². The number of rotatable bonds is 7. The van der Waals surface area contributed by atoms with Gasteiger partial charge in [0, 0.05) is 50.8 Å². The molecule has 3 N–H and O–H groups in total.